The van der Waals surface area contributed by atoms with E-state index in [1.54, 1.807) is 0 Å². The normalized spacial score (nSPS) is 12.8. The maximum Gasteiger partial charge on any atom is 0.340 e. The van der Waals surface area contributed by atoms with Crippen molar-refractivity contribution < 1.29 is 28.7 Å². The van der Waals surface area contributed by atoms with Gasteiger partial charge in [0, 0.05) is 0 Å². The van der Waals surface area contributed by atoms with Gasteiger partial charge in [0.1, 0.15) is 0 Å². The van der Waals surface area contributed by atoms with Crippen molar-refractivity contribution in [1.82, 2.24) is 0 Å². The minimum Gasteiger partial charge on any atom is -0.324 e. The van der Waals surface area contributed by atoms with E-state index in [4.69, 9.17) is 19.6 Å². The molecule has 0 aliphatic carbocycles. The Bertz CT molecular complexity index is 195. The molecule has 74 valence electrons. The minimum absolute atomic E-state index is 0. The topological polar surface area (TPSA) is 115 Å². The van der Waals surface area contributed by atoms with Crippen molar-refractivity contribution in [2.75, 3.05) is 0 Å². The molecule has 0 saturated heterocycles. The molecule has 9 heteroatoms. The summed E-state index contributed by atoms with van der Waals surface area (Å²) in [5.41, 5.74) is 0. The summed E-state index contributed by atoms with van der Waals surface area (Å²) in [6, 6.07) is 0. The molecule has 0 unspecified atom stereocenters. The van der Waals surface area contributed by atoms with Gasteiger partial charge < -0.3 is 19.6 Å². The van der Waals surface area contributed by atoms with Crippen molar-refractivity contribution in [3.05, 3.63) is 0 Å². The lowest BCUT2D eigenvalue weighted by Crippen LogP contribution is -2.07. The zero-order valence-corrected chi connectivity index (χ0v) is 7.57. The third-order valence-corrected chi connectivity index (χ3v) is 5.23. The molecule has 0 aromatic heterocycles. The first-order valence-electron chi connectivity index (χ1n) is 2.80. The van der Waals surface area contributed by atoms with Crippen LogP contribution < -0.4 is 0 Å². The predicted octanol–water partition coefficient (Wildman–Crippen LogP) is -1.11. The summed E-state index contributed by atoms with van der Waals surface area (Å²) >= 11 is 0. The van der Waals surface area contributed by atoms with Crippen LogP contribution in [-0.4, -0.2) is 33.4 Å². The monoisotopic (exact) mass is 218 g/mol. The highest BCUT2D eigenvalue weighted by molar-refractivity contribution is 7.70. The lowest BCUT2D eigenvalue weighted by atomic mass is 10.6. The Morgan fingerprint density at radius 3 is 1.33 bits per heavy atom. The summed E-state index contributed by atoms with van der Waals surface area (Å²) < 4.78 is 20.8. The maximum atomic E-state index is 10.4. The van der Waals surface area contributed by atoms with Crippen molar-refractivity contribution >= 4 is 23.6 Å². The molecule has 12 heavy (non-hydrogen) atoms. The lowest BCUT2D eigenvalue weighted by Gasteiger charge is -2.16. The lowest BCUT2D eigenvalue weighted by molar-refractivity contribution is 0.337. The summed E-state index contributed by atoms with van der Waals surface area (Å²) in [6.45, 7) is 1.31. The van der Waals surface area contributed by atoms with Crippen LogP contribution in [0.1, 0.15) is 13.3 Å². The van der Waals surface area contributed by atoms with Gasteiger partial charge in [-0.1, -0.05) is 6.92 Å². The Balaban J connectivity index is 0. The van der Waals surface area contributed by atoms with E-state index < -0.39 is 20.6 Å². The predicted molar refractivity (Wildman–Crippen MR) is 48.1 cm³/mol. The van der Waals surface area contributed by atoms with Crippen LogP contribution in [0.3, 0.4) is 0 Å². The van der Waals surface area contributed by atoms with Crippen LogP contribution in [-0.2, 0) is 9.13 Å². The molecule has 0 aromatic rings. The highest BCUT2D eigenvalue weighted by Gasteiger charge is 2.41. The first-order valence-corrected chi connectivity index (χ1v) is 6.16. The maximum absolute atomic E-state index is 10.4. The molecule has 0 saturated carbocycles. The molecule has 0 radical (unpaired) electrons. The Hall–Kier alpha value is 0.365. The fraction of sp³-hybridized carbons (Fsp3) is 1.00. The van der Waals surface area contributed by atoms with Crippen molar-refractivity contribution in [2.45, 2.75) is 18.7 Å². The van der Waals surface area contributed by atoms with Gasteiger partial charge in [0.2, 0.25) is 0 Å². The molecule has 0 rings (SSSR count). The van der Waals surface area contributed by atoms with Crippen LogP contribution in [0.25, 0.3) is 0 Å². The van der Waals surface area contributed by atoms with Crippen molar-refractivity contribution in [1.29, 1.82) is 0 Å². The number of hydrogen-bond acceptors (Lipinski definition) is 2. The molecule has 6 nitrogen and oxygen atoms in total. The van der Waals surface area contributed by atoms with Gasteiger partial charge >= 0.3 is 15.2 Å². The summed E-state index contributed by atoms with van der Waals surface area (Å²) in [7, 11) is -9.32. The Morgan fingerprint density at radius 1 is 1.08 bits per heavy atom. The Labute approximate surface area is 71.9 Å². The van der Waals surface area contributed by atoms with E-state index in [0.29, 0.717) is 0 Å². The fourth-order valence-corrected chi connectivity index (χ4v) is 3.19. The molecule has 0 amide bonds. The van der Waals surface area contributed by atoms with Gasteiger partial charge in [-0.05, 0) is 6.42 Å². The van der Waals surface area contributed by atoms with E-state index in [1.165, 1.54) is 6.92 Å². The summed E-state index contributed by atoms with van der Waals surface area (Å²) in [6.07, 6.45) is -0.242. The van der Waals surface area contributed by atoms with Gasteiger partial charge in [0.05, 0.1) is 8.41 Å². The average Bonchev–Trinajstić information content (AvgIpc) is 1.56. The van der Waals surface area contributed by atoms with Crippen LogP contribution in [0.15, 0.2) is 0 Å². The van der Waals surface area contributed by atoms with Gasteiger partial charge in [0.25, 0.3) is 0 Å². The molecule has 0 bridgehead atoms. The standard InChI is InChI=1S/C3H10O6P2.BH3/c1-2-3(10(4,5)6)11(7,8)9;/h3H,2H2,1H3,(H2,4,5,6)(H2,7,8,9);1H3. The largest absolute Gasteiger partial charge is 0.340 e. The molecule has 0 atom stereocenters. The third kappa shape index (κ3) is 4.41. The smallest absolute Gasteiger partial charge is 0.324 e. The van der Waals surface area contributed by atoms with Crippen molar-refractivity contribution in [2.24, 2.45) is 0 Å². The van der Waals surface area contributed by atoms with Crippen molar-refractivity contribution in [3.8, 4) is 0 Å². The van der Waals surface area contributed by atoms with E-state index in [-0.39, 0.29) is 14.8 Å². The molecule has 0 spiro atoms. The average molecular weight is 218 g/mol. The quantitative estimate of drug-likeness (QED) is 0.352. The zero-order chi connectivity index (χ0) is 9.28. The molecule has 0 aliphatic heterocycles. The first kappa shape index (κ1) is 14.9. The molecule has 0 heterocycles. The van der Waals surface area contributed by atoms with Crippen LogP contribution >= 0.6 is 15.2 Å². The van der Waals surface area contributed by atoms with E-state index in [9.17, 15) is 9.13 Å². The molecule has 0 fully saturated rings. The molecule has 4 N–H and O–H groups in total. The Kier molecular flexibility index (Phi) is 5.65. The van der Waals surface area contributed by atoms with E-state index in [2.05, 4.69) is 0 Å². The number of hydrogen-bond donors (Lipinski definition) is 4. The van der Waals surface area contributed by atoms with Gasteiger partial charge in [-0.25, -0.2) is 0 Å². The summed E-state index contributed by atoms with van der Waals surface area (Å²) in [5, 5.41) is -1.85. The second-order valence-electron chi connectivity index (χ2n) is 2.07. The molecular formula is C3H13BO6P2. The van der Waals surface area contributed by atoms with E-state index >= 15 is 0 Å². The van der Waals surface area contributed by atoms with Crippen LogP contribution in [0.2, 0.25) is 0 Å². The highest BCUT2D eigenvalue weighted by Crippen LogP contribution is 2.61. The SMILES string of the molecule is B.CCC(P(=O)(O)O)P(=O)(O)O. The first-order chi connectivity index (χ1) is 4.69. The molecular weight excluding hydrogens is 205 g/mol. The van der Waals surface area contributed by atoms with Gasteiger partial charge in [-0.15, -0.1) is 0 Å². The summed E-state index contributed by atoms with van der Waals surface area (Å²) in [4.78, 5) is 33.7. The van der Waals surface area contributed by atoms with E-state index in [1.807, 2.05) is 0 Å². The van der Waals surface area contributed by atoms with Crippen LogP contribution in [0.5, 0.6) is 0 Å². The fourth-order valence-electron chi connectivity index (χ4n) is 0.672. The summed E-state index contributed by atoms with van der Waals surface area (Å²) in [5.74, 6) is 0. The van der Waals surface area contributed by atoms with Crippen LogP contribution in [0, 0.1) is 0 Å². The van der Waals surface area contributed by atoms with Crippen LogP contribution in [0.4, 0.5) is 0 Å². The zero-order valence-electron chi connectivity index (χ0n) is 5.78. The second kappa shape index (κ2) is 4.56. The van der Waals surface area contributed by atoms with Gasteiger partial charge in [0.15, 0.2) is 5.40 Å². The number of rotatable bonds is 3. The Morgan fingerprint density at radius 2 is 1.33 bits per heavy atom. The third-order valence-electron chi connectivity index (χ3n) is 1.14. The molecule has 0 aliphatic rings. The molecule has 0 aromatic carbocycles. The van der Waals surface area contributed by atoms with Crippen molar-refractivity contribution in [3.63, 3.8) is 0 Å². The second-order valence-corrected chi connectivity index (χ2v) is 6.08. The van der Waals surface area contributed by atoms with Gasteiger partial charge in [-0.3, -0.25) is 9.13 Å². The van der Waals surface area contributed by atoms with Gasteiger partial charge in [-0.2, -0.15) is 0 Å². The minimum atomic E-state index is -4.66. The highest BCUT2D eigenvalue weighted by atomic mass is 31.2. The van der Waals surface area contributed by atoms with E-state index in [0.717, 1.165) is 0 Å².